The van der Waals surface area contributed by atoms with Gasteiger partial charge in [-0.2, -0.15) is 4.42 Å². The highest BCUT2D eigenvalue weighted by molar-refractivity contribution is 6.30. The average molecular weight is 206 g/mol. The van der Waals surface area contributed by atoms with Gasteiger partial charge in [0.25, 0.3) is 0 Å². The number of carboxylic acid groups (broad SMARTS) is 1. The first-order valence-corrected chi connectivity index (χ1v) is 4.08. The Hall–Kier alpha value is -1.10. The van der Waals surface area contributed by atoms with Gasteiger partial charge < -0.3 is 5.11 Å². The summed E-state index contributed by atoms with van der Waals surface area (Å²) in [6, 6.07) is 0. The summed E-state index contributed by atoms with van der Waals surface area (Å²) in [6.07, 6.45) is -0.106. The summed E-state index contributed by atoms with van der Waals surface area (Å²) in [5.74, 6) is -2.46. The number of imide groups is 1. The van der Waals surface area contributed by atoms with Crippen LogP contribution in [0.4, 0.5) is 0 Å². The van der Waals surface area contributed by atoms with Gasteiger partial charge in [-0.25, -0.2) is 0 Å². The Kier molecular flexibility index (Phi) is 2.87. The summed E-state index contributed by atoms with van der Waals surface area (Å²) in [5.41, 5.74) is 0. The molecule has 2 amide bonds. The number of carbonyl (C=O) groups excluding carboxylic acids is 2. The van der Waals surface area contributed by atoms with E-state index in [1.54, 1.807) is 0 Å². The number of hydrogen-bond acceptors (Lipinski definition) is 3. The number of rotatable bonds is 2. The van der Waals surface area contributed by atoms with Crippen LogP contribution in [0.1, 0.15) is 19.3 Å². The van der Waals surface area contributed by atoms with E-state index < -0.39 is 23.7 Å². The van der Waals surface area contributed by atoms with Crippen LogP contribution in [0.15, 0.2) is 0 Å². The van der Waals surface area contributed by atoms with E-state index in [1.165, 1.54) is 0 Å². The van der Waals surface area contributed by atoms with Crippen LogP contribution in [0.5, 0.6) is 0 Å². The van der Waals surface area contributed by atoms with Crippen molar-refractivity contribution in [2.24, 2.45) is 5.92 Å². The van der Waals surface area contributed by atoms with Crippen LogP contribution in [-0.2, 0) is 14.4 Å². The van der Waals surface area contributed by atoms with Crippen LogP contribution in [0.2, 0.25) is 0 Å². The molecule has 0 aromatic carbocycles. The Morgan fingerprint density at radius 3 is 2.31 bits per heavy atom. The van der Waals surface area contributed by atoms with Crippen molar-refractivity contribution >= 4 is 29.6 Å². The highest BCUT2D eigenvalue weighted by Crippen LogP contribution is 2.23. The third-order valence-electron chi connectivity index (χ3n) is 1.83. The largest absolute Gasteiger partial charge is 0.481 e. The SMILES string of the molecule is O=C(O)CC1CC(=O)N(Cl)C(=O)C1. The lowest BCUT2D eigenvalue weighted by Crippen LogP contribution is -2.37. The number of aliphatic carboxylic acids is 1. The van der Waals surface area contributed by atoms with Crippen LogP contribution in [0.25, 0.3) is 0 Å². The zero-order valence-electron chi connectivity index (χ0n) is 6.70. The number of piperidine rings is 1. The fourth-order valence-electron chi connectivity index (χ4n) is 1.26. The van der Waals surface area contributed by atoms with E-state index >= 15 is 0 Å². The van der Waals surface area contributed by atoms with E-state index in [0.29, 0.717) is 4.42 Å². The highest BCUT2D eigenvalue weighted by atomic mass is 35.5. The van der Waals surface area contributed by atoms with E-state index in [2.05, 4.69) is 0 Å². The van der Waals surface area contributed by atoms with Crippen LogP contribution in [0.3, 0.4) is 0 Å². The average Bonchev–Trinajstić information content (AvgIpc) is 1.98. The molecular formula is C7H8ClNO4. The maximum Gasteiger partial charge on any atom is 0.303 e. The van der Waals surface area contributed by atoms with Crippen molar-refractivity contribution in [1.82, 2.24) is 4.42 Å². The highest BCUT2D eigenvalue weighted by Gasteiger charge is 2.32. The predicted octanol–water partition coefficient (Wildman–Crippen LogP) is 0.380. The fraction of sp³-hybridized carbons (Fsp3) is 0.571. The second-order valence-electron chi connectivity index (χ2n) is 2.94. The van der Waals surface area contributed by atoms with Crippen molar-refractivity contribution in [3.05, 3.63) is 0 Å². The smallest absolute Gasteiger partial charge is 0.303 e. The number of hydrogen-bond donors (Lipinski definition) is 1. The Morgan fingerprint density at radius 2 is 1.92 bits per heavy atom. The van der Waals surface area contributed by atoms with Crippen molar-refractivity contribution in [3.63, 3.8) is 0 Å². The van der Waals surface area contributed by atoms with E-state index in [1.807, 2.05) is 0 Å². The molecule has 0 bridgehead atoms. The molecule has 0 unspecified atom stereocenters. The Morgan fingerprint density at radius 1 is 1.46 bits per heavy atom. The molecule has 0 aromatic heterocycles. The molecule has 0 aromatic rings. The van der Waals surface area contributed by atoms with Gasteiger partial charge >= 0.3 is 5.97 Å². The van der Waals surface area contributed by atoms with Crippen LogP contribution in [-0.4, -0.2) is 27.3 Å². The first-order valence-electron chi connectivity index (χ1n) is 3.74. The molecule has 1 aliphatic rings. The Balaban J connectivity index is 2.58. The van der Waals surface area contributed by atoms with Crippen LogP contribution < -0.4 is 0 Å². The summed E-state index contributed by atoms with van der Waals surface area (Å²) in [4.78, 5) is 32.2. The Bertz CT molecular complexity index is 247. The van der Waals surface area contributed by atoms with Gasteiger partial charge in [-0.05, 0) is 5.92 Å². The number of carbonyl (C=O) groups is 3. The van der Waals surface area contributed by atoms with Gasteiger partial charge in [-0.15, -0.1) is 0 Å². The summed E-state index contributed by atoms with van der Waals surface area (Å²) in [7, 11) is 0. The summed E-state index contributed by atoms with van der Waals surface area (Å²) >= 11 is 5.31. The van der Waals surface area contributed by atoms with E-state index in [-0.39, 0.29) is 19.3 Å². The van der Waals surface area contributed by atoms with Gasteiger partial charge in [0.2, 0.25) is 11.8 Å². The quantitative estimate of drug-likeness (QED) is 0.523. The summed E-state index contributed by atoms with van der Waals surface area (Å²) < 4.78 is 0.526. The van der Waals surface area contributed by atoms with Crippen LogP contribution in [0, 0.1) is 5.92 Å². The van der Waals surface area contributed by atoms with Crippen molar-refractivity contribution in [3.8, 4) is 0 Å². The standard InChI is InChI=1S/C7H8ClNO4/c8-9-5(10)1-4(2-6(9)11)3-7(12)13/h4H,1-3H2,(H,12,13). The van der Waals surface area contributed by atoms with Crippen molar-refractivity contribution < 1.29 is 19.5 Å². The van der Waals surface area contributed by atoms with Gasteiger partial charge in [0.05, 0.1) is 0 Å². The molecule has 1 aliphatic heterocycles. The fourth-order valence-corrected chi connectivity index (χ4v) is 1.39. The first kappa shape index (κ1) is 9.98. The minimum atomic E-state index is -1.01. The first-order chi connectivity index (χ1) is 6.00. The van der Waals surface area contributed by atoms with Crippen molar-refractivity contribution in [1.29, 1.82) is 0 Å². The van der Waals surface area contributed by atoms with Crippen molar-refractivity contribution in [2.45, 2.75) is 19.3 Å². The number of nitrogens with zero attached hydrogens (tertiary/aromatic N) is 1. The van der Waals surface area contributed by atoms with Crippen molar-refractivity contribution in [2.75, 3.05) is 0 Å². The maximum absolute atomic E-state index is 11.0. The van der Waals surface area contributed by atoms with Gasteiger partial charge in [-0.1, -0.05) is 0 Å². The summed E-state index contributed by atoms with van der Waals surface area (Å²) in [5, 5.41) is 8.43. The second kappa shape index (κ2) is 3.74. The van der Waals surface area contributed by atoms with Gasteiger partial charge in [-0.3, -0.25) is 14.4 Å². The lowest BCUT2D eigenvalue weighted by molar-refractivity contribution is -0.145. The molecule has 0 radical (unpaired) electrons. The monoisotopic (exact) mass is 205 g/mol. The number of amides is 2. The molecule has 72 valence electrons. The predicted molar refractivity (Wildman–Crippen MR) is 42.7 cm³/mol. The molecule has 0 saturated carbocycles. The zero-order valence-corrected chi connectivity index (χ0v) is 7.45. The van der Waals surface area contributed by atoms with Gasteiger partial charge in [0, 0.05) is 31.0 Å². The van der Waals surface area contributed by atoms with Crippen LogP contribution >= 0.6 is 11.8 Å². The third kappa shape index (κ3) is 2.42. The minimum Gasteiger partial charge on any atom is -0.481 e. The molecule has 0 spiro atoms. The Labute approximate surface area is 79.4 Å². The molecule has 5 nitrogen and oxygen atoms in total. The molecule has 1 N–H and O–H groups in total. The maximum atomic E-state index is 11.0. The molecule has 1 fully saturated rings. The number of halogens is 1. The number of carboxylic acids is 1. The lowest BCUT2D eigenvalue weighted by Gasteiger charge is -2.23. The summed E-state index contributed by atoms with van der Waals surface area (Å²) in [6.45, 7) is 0. The molecule has 1 rings (SSSR count). The molecule has 0 atom stereocenters. The minimum absolute atomic E-state index is 0.0293. The van der Waals surface area contributed by atoms with Gasteiger partial charge in [0.15, 0.2) is 0 Å². The molecule has 0 aliphatic carbocycles. The molecule has 13 heavy (non-hydrogen) atoms. The second-order valence-corrected chi connectivity index (χ2v) is 3.28. The molecule has 6 heteroatoms. The van der Waals surface area contributed by atoms with E-state index in [4.69, 9.17) is 16.9 Å². The third-order valence-corrected chi connectivity index (χ3v) is 2.20. The molecule has 1 heterocycles. The van der Waals surface area contributed by atoms with E-state index in [0.717, 1.165) is 0 Å². The molecular weight excluding hydrogens is 198 g/mol. The zero-order chi connectivity index (χ0) is 10.0. The van der Waals surface area contributed by atoms with Gasteiger partial charge in [0.1, 0.15) is 0 Å². The molecule has 1 saturated heterocycles. The van der Waals surface area contributed by atoms with E-state index in [9.17, 15) is 14.4 Å². The normalized spacial score (nSPS) is 19.3. The lowest BCUT2D eigenvalue weighted by atomic mass is 9.94. The topological polar surface area (TPSA) is 74.7 Å².